The zero-order valence-electron chi connectivity index (χ0n) is 12.8. The minimum atomic E-state index is -0.971. The molecule has 0 fully saturated rings. The number of nitrogens with zero attached hydrogens (tertiary/aromatic N) is 1. The van der Waals surface area contributed by atoms with Gasteiger partial charge in [0, 0.05) is 12.1 Å². The van der Waals surface area contributed by atoms with E-state index in [9.17, 15) is 9.59 Å². The van der Waals surface area contributed by atoms with Crippen LogP contribution in [0.3, 0.4) is 0 Å². The lowest BCUT2D eigenvalue weighted by molar-refractivity contribution is -0.136. The van der Waals surface area contributed by atoms with Gasteiger partial charge in [0.1, 0.15) is 5.69 Å². The monoisotopic (exact) mass is 319 g/mol. The molecule has 0 atom stereocenters. The molecule has 8 heteroatoms. The maximum atomic E-state index is 11.9. The number of amides is 1. The van der Waals surface area contributed by atoms with Crippen molar-refractivity contribution in [2.45, 2.75) is 6.42 Å². The van der Waals surface area contributed by atoms with E-state index < -0.39 is 11.9 Å². The molecule has 0 bridgehead atoms. The summed E-state index contributed by atoms with van der Waals surface area (Å²) in [6.07, 6.45) is -0.136. The summed E-state index contributed by atoms with van der Waals surface area (Å²) < 4.78 is 10.4. The number of methoxy groups -OCH3 is 2. The second-order valence-electron chi connectivity index (χ2n) is 4.64. The number of carboxylic acids is 1. The van der Waals surface area contributed by atoms with Crippen molar-refractivity contribution >= 4 is 11.9 Å². The van der Waals surface area contributed by atoms with Crippen LogP contribution >= 0.6 is 0 Å². The highest BCUT2D eigenvalue weighted by atomic mass is 16.5. The van der Waals surface area contributed by atoms with E-state index in [0.29, 0.717) is 17.2 Å². The molecule has 1 aromatic heterocycles. The second kappa shape index (κ2) is 7.30. The number of nitrogens with one attached hydrogen (secondary N) is 2. The van der Waals surface area contributed by atoms with Crippen LogP contribution in [0.25, 0.3) is 11.3 Å². The average molecular weight is 319 g/mol. The van der Waals surface area contributed by atoms with Gasteiger partial charge in [0.2, 0.25) is 0 Å². The van der Waals surface area contributed by atoms with Crippen molar-refractivity contribution in [3.63, 3.8) is 0 Å². The Morgan fingerprint density at radius 3 is 2.61 bits per heavy atom. The number of benzene rings is 1. The second-order valence-corrected chi connectivity index (χ2v) is 4.64. The topological polar surface area (TPSA) is 114 Å². The van der Waals surface area contributed by atoms with E-state index >= 15 is 0 Å². The third-order valence-corrected chi connectivity index (χ3v) is 3.13. The number of ether oxygens (including phenoxy) is 2. The Bertz CT molecular complexity index is 711. The molecule has 0 aliphatic heterocycles. The normalized spacial score (nSPS) is 10.2. The number of carbonyl (C=O) groups is 2. The molecule has 122 valence electrons. The maximum Gasteiger partial charge on any atom is 0.305 e. The highest BCUT2D eigenvalue weighted by Gasteiger charge is 2.13. The fourth-order valence-electron chi connectivity index (χ4n) is 1.96. The van der Waals surface area contributed by atoms with Gasteiger partial charge in [0.25, 0.3) is 5.91 Å². The largest absolute Gasteiger partial charge is 0.493 e. The number of aromatic amines is 1. The van der Waals surface area contributed by atoms with Crippen LogP contribution < -0.4 is 14.8 Å². The quantitative estimate of drug-likeness (QED) is 0.709. The zero-order chi connectivity index (χ0) is 16.8. The first-order valence-corrected chi connectivity index (χ1v) is 6.83. The molecule has 1 heterocycles. The summed E-state index contributed by atoms with van der Waals surface area (Å²) in [5, 5.41) is 17.8. The average Bonchev–Trinajstić information content (AvgIpc) is 3.03. The minimum Gasteiger partial charge on any atom is -0.493 e. The van der Waals surface area contributed by atoms with Crippen molar-refractivity contribution < 1.29 is 24.2 Å². The first kappa shape index (κ1) is 16.3. The van der Waals surface area contributed by atoms with Gasteiger partial charge in [0.05, 0.1) is 26.3 Å². The molecule has 0 aliphatic carbocycles. The van der Waals surface area contributed by atoms with E-state index in [1.54, 1.807) is 31.4 Å². The molecular formula is C15H17N3O5. The number of H-pyrrole nitrogens is 1. The third kappa shape index (κ3) is 4.00. The number of carbonyl (C=O) groups excluding carboxylic acids is 1. The Kier molecular flexibility index (Phi) is 5.19. The van der Waals surface area contributed by atoms with Crippen molar-refractivity contribution in [3.8, 4) is 22.8 Å². The van der Waals surface area contributed by atoms with E-state index in [0.717, 1.165) is 5.56 Å². The van der Waals surface area contributed by atoms with Gasteiger partial charge >= 0.3 is 5.97 Å². The Balaban J connectivity index is 2.12. The fourth-order valence-corrected chi connectivity index (χ4v) is 1.96. The summed E-state index contributed by atoms with van der Waals surface area (Å²) in [6.45, 7) is 0.0544. The number of hydrogen-bond acceptors (Lipinski definition) is 5. The molecule has 1 aromatic carbocycles. The molecule has 2 aromatic rings. The molecule has 0 aliphatic rings. The predicted molar refractivity (Wildman–Crippen MR) is 81.7 cm³/mol. The van der Waals surface area contributed by atoms with Crippen molar-refractivity contribution in [2.24, 2.45) is 0 Å². The van der Waals surface area contributed by atoms with Gasteiger partial charge in [-0.15, -0.1) is 0 Å². The van der Waals surface area contributed by atoms with E-state index in [-0.39, 0.29) is 18.7 Å². The van der Waals surface area contributed by atoms with Gasteiger partial charge in [-0.05, 0) is 24.3 Å². The lowest BCUT2D eigenvalue weighted by Gasteiger charge is -2.08. The van der Waals surface area contributed by atoms with Crippen LogP contribution in [0, 0.1) is 0 Å². The molecule has 0 saturated carbocycles. The van der Waals surface area contributed by atoms with Crippen LogP contribution in [-0.4, -0.2) is 47.9 Å². The van der Waals surface area contributed by atoms with Crippen molar-refractivity contribution in [3.05, 3.63) is 30.0 Å². The SMILES string of the molecule is COc1ccc(-c2cc(C(=O)NCCC(=O)O)[nH]n2)cc1OC. The summed E-state index contributed by atoms with van der Waals surface area (Å²) in [6, 6.07) is 6.87. The Labute approximate surface area is 132 Å². The minimum absolute atomic E-state index is 0.0544. The van der Waals surface area contributed by atoms with Gasteiger partial charge in [-0.3, -0.25) is 14.7 Å². The number of aromatic nitrogens is 2. The molecule has 0 spiro atoms. The van der Waals surface area contributed by atoms with Crippen LogP contribution in [0.15, 0.2) is 24.3 Å². The van der Waals surface area contributed by atoms with Gasteiger partial charge in [-0.2, -0.15) is 5.10 Å². The van der Waals surface area contributed by atoms with Crippen LogP contribution in [0.4, 0.5) is 0 Å². The molecule has 3 N–H and O–H groups in total. The Morgan fingerprint density at radius 2 is 1.96 bits per heavy atom. The molecule has 1 amide bonds. The highest BCUT2D eigenvalue weighted by molar-refractivity contribution is 5.93. The molecule has 8 nitrogen and oxygen atoms in total. The molecule has 23 heavy (non-hydrogen) atoms. The van der Waals surface area contributed by atoms with Gasteiger partial charge in [-0.1, -0.05) is 0 Å². The highest BCUT2D eigenvalue weighted by Crippen LogP contribution is 2.31. The number of hydrogen-bond donors (Lipinski definition) is 3. The molecule has 0 unspecified atom stereocenters. The number of aliphatic carboxylic acids is 1. The zero-order valence-corrected chi connectivity index (χ0v) is 12.8. The van der Waals surface area contributed by atoms with Gasteiger partial charge in [0.15, 0.2) is 11.5 Å². The molecule has 2 rings (SSSR count). The predicted octanol–water partition coefficient (Wildman–Crippen LogP) is 1.30. The van der Waals surface area contributed by atoms with E-state index in [4.69, 9.17) is 14.6 Å². The lowest BCUT2D eigenvalue weighted by Crippen LogP contribution is -2.26. The first-order valence-electron chi connectivity index (χ1n) is 6.83. The fraction of sp³-hybridized carbons (Fsp3) is 0.267. The lowest BCUT2D eigenvalue weighted by atomic mass is 10.1. The van der Waals surface area contributed by atoms with Crippen molar-refractivity contribution in [1.29, 1.82) is 0 Å². The smallest absolute Gasteiger partial charge is 0.305 e. The van der Waals surface area contributed by atoms with Crippen LogP contribution in [-0.2, 0) is 4.79 Å². The summed E-state index contributed by atoms with van der Waals surface area (Å²) >= 11 is 0. The van der Waals surface area contributed by atoms with Gasteiger partial charge < -0.3 is 19.9 Å². The van der Waals surface area contributed by atoms with Crippen LogP contribution in [0.5, 0.6) is 11.5 Å². The van der Waals surface area contributed by atoms with Crippen molar-refractivity contribution in [1.82, 2.24) is 15.5 Å². The number of carboxylic acid groups (broad SMARTS) is 1. The molecule has 0 radical (unpaired) electrons. The van der Waals surface area contributed by atoms with Crippen molar-refractivity contribution in [2.75, 3.05) is 20.8 Å². The van der Waals surface area contributed by atoms with E-state index in [1.807, 2.05) is 0 Å². The Morgan fingerprint density at radius 1 is 1.22 bits per heavy atom. The summed E-state index contributed by atoms with van der Waals surface area (Å²) in [7, 11) is 3.08. The summed E-state index contributed by atoms with van der Waals surface area (Å²) in [4.78, 5) is 22.3. The van der Waals surface area contributed by atoms with Crippen LogP contribution in [0.1, 0.15) is 16.9 Å². The molecular weight excluding hydrogens is 302 g/mol. The first-order chi connectivity index (χ1) is 11.0. The number of rotatable bonds is 7. The van der Waals surface area contributed by atoms with E-state index in [1.165, 1.54) is 7.11 Å². The van der Waals surface area contributed by atoms with E-state index in [2.05, 4.69) is 15.5 Å². The Hall–Kier alpha value is -3.03. The van der Waals surface area contributed by atoms with Gasteiger partial charge in [-0.25, -0.2) is 0 Å². The summed E-state index contributed by atoms with van der Waals surface area (Å²) in [5.74, 6) is -0.231. The van der Waals surface area contributed by atoms with Crippen LogP contribution in [0.2, 0.25) is 0 Å². The summed E-state index contributed by atoms with van der Waals surface area (Å²) in [5.41, 5.74) is 1.57. The third-order valence-electron chi connectivity index (χ3n) is 3.13. The molecule has 0 saturated heterocycles. The maximum absolute atomic E-state index is 11.9. The standard InChI is InChI=1S/C15H17N3O5/c1-22-12-4-3-9(7-13(12)23-2)10-8-11(18-17-10)15(21)16-6-5-14(19)20/h3-4,7-8H,5-6H2,1-2H3,(H,16,21)(H,17,18)(H,19,20).